The van der Waals surface area contributed by atoms with E-state index in [1.807, 2.05) is 6.92 Å². The van der Waals surface area contributed by atoms with E-state index in [0.29, 0.717) is 24.1 Å². The molecule has 0 saturated carbocycles. The number of benzene rings is 1. The molecule has 2 aromatic rings. The Morgan fingerprint density at radius 3 is 2.56 bits per heavy atom. The van der Waals surface area contributed by atoms with Crippen molar-refractivity contribution in [1.82, 2.24) is 0 Å². The summed E-state index contributed by atoms with van der Waals surface area (Å²) in [7, 11) is -3.21. The topological polar surface area (TPSA) is 65.7 Å². The van der Waals surface area contributed by atoms with Crippen LogP contribution in [0.2, 0.25) is 0 Å². The second-order valence-corrected chi connectivity index (χ2v) is 8.27. The molecule has 1 aromatic carbocycles. The summed E-state index contributed by atoms with van der Waals surface area (Å²) in [6.07, 6.45) is 5.69. The lowest BCUT2D eigenvalue weighted by Crippen LogP contribution is -2.03. The van der Waals surface area contributed by atoms with E-state index in [1.165, 1.54) is 18.9 Å². The molecule has 0 saturated heterocycles. The number of hydrogen-bond acceptors (Lipinski definition) is 5. The normalized spacial score (nSPS) is 13.7. The minimum Gasteiger partial charge on any atom is -0.424 e. The lowest BCUT2D eigenvalue weighted by atomic mass is 10.1. The fraction of sp³-hybridized carbons (Fsp3) is 0.526. The van der Waals surface area contributed by atoms with Crippen LogP contribution in [0.3, 0.4) is 0 Å². The highest BCUT2D eigenvalue weighted by atomic mass is 31.2. The van der Waals surface area contributed by atoms with Crippen molar-refractivity contribution in [2.24, 2.45) is 0 Å². The summed E-state index contributed by atoms with van der Waals surface area (Å²) in [6.45, 7) is 6.14. The van der Waals surface area contributed by atoms with Crippen LogP contribution in [0.4, 0.5) is 0 Å². The predicted octanol–water partition coefficient (Wildman–Crippen LogP) is 5.68. The Kier molecular flexibility index (Phi) is 7.27. The minimum absolute atomic E-state index is 0.327. The van der Waals surface area contributed by atoms with Crippen LogP contribution in [0.1, 0.15) is 51.5 Å². The maximum absolute atomic E-state index is 12.9. The molecular weight excluding hydrogens is 339 g/mol. The van der Waals surface area contributed by atoms with Crippen LogP contribution in [-0.2, 0) is 9.09 Å². The van der Waals surface area contributed by atoms with Crippen LogP contribution in [-0.4, -0.2) is 12.8 Å². The van der Waals surface area contributed by atoms with Crippen LogP contribution in [0.15, 0.2) is 33.5 Å². The van der Waals surface area contributed by atoms with E-state index in [0.717, 1.165) is 30.2 Å². The molecule has 1 atom stereocenters. The van der Waals surface area contributed by atoms with Gasteiger partial charge in [0.15, 0.2) is 0 Å². The van der Waals surface area contributed by atoms with Crippen molar-refractivity contribution in [3.05, 3.63) is 40.2 Å². The van der Waals surface area contributed by atoms with E-state index in [9.17, 15) is 9.36 Å². The average molecular weight is 366 g/mol. The molecule has 2 rings (SSSR count). The van der Waals surface area contributed by atoms with Gasteiger partial charge in [-0.1, -0.05) is 32.6 Å². The molecule has 1 heterocycles. The molecule has 1 aromatic heterocycles. The smallest absolute Gasteiger partial charge is 0.379 e. The molecule has 0 fully saturated rings. The molecule has 0 radical (unpaired) electrons. The number of unbranched alkanes of at least 4 members (excludes halogenated alkanes) is 4. The van der Waals surface area contributed by atoms with Gasteiger partial charge in [0, 0.05) is 17.5 Å². The SMILES string of the molecule is CCCCCCCP(=O)(OCC)Oc1ccc2c(C)cc(=O)oc2c1. The first-order chi connectivity index (χ1) is 12.0. The molecule has 6 heteroatoms. The molecular formula is C19H27O5P. The van der Waals surface area contributed by atoms with E-state index in [2.05, 4.69) is 6.92 Å². The first kappa shape index (κ1) is 19.7. The fourth-order valence-corrected chi connectivity index (χ4v) is 4.48. The maximum atomic E-state index is 12.9. The molecule has 1 unspecified atom stereocenters. The Labute approximate surface area is 148 Å². The van der Waals surface area contributed by atoms with Gasteiger partial charge in [-0.05, 0) is 38.0 Å². The van der Waals surface area contributed by atoms with Gasteiger partial charge in [0.1, 0.15) is 11.3 Å². The molecule has 0 amide bonds. The van der Waals surface area contributed by atoms with Crippen LogP contribution < -0.4 is 10.1 Å². The number of fused-ring (bicyclic) bond motifs is 1. The van der Waals surface area contributed by atoms with Gasteiger partial charge >= 0.3 is 13.2 Å². The molecule has 5 nitrogen and oxygen atoms in total. The largest absolute Gasteiger partial charge is 0.424 e. The van der Waals surface area contributed by atoms with Crippen molar-refractivity contribution in [2.75, 3.05) is 12.8 Å². The summed E-state index contributed by atoms with van der Waals surface area (Å²) in [6, 6.07) is 6.59. The number of rotatable bonds is 10. The molecule has 0 aliphatic heterocycles. The van der Waals surface area contributed by atoms with Gasteiger partial charge in [-0.2, -0.15) is 0 Å². The number of hydrogen-bond donors (Lipinski definition) is 0. The van der Waals surface area contributed by atoms with Gasteiger partial charge in [0.05, 0.1) is 12.8 Å². The maximum Gasteiger partial charge on any atom is 0.379 e. The first-order valence-corrected chi connectivity index (χ1v) is 10.7. The zero-order valence-corrected chi connectivity index (χ0v) is 16.1. The Bertz CT molecular complexity index is 796. The predicted molar refractivity (Wildman–Crippen MR) is 101 cm³/mol. The van der Waals surface area contributed by atoms with E-state index in [-0.39, 0.29) is 0 Å². The second-order valence-electron chi connectivity index (χ2n) is 6.16. The summed E-state index contributed by atoms with van der Waals surface area (Å²) in [5.74, 6) is 0.395. The van der Waals surface area contributed by atoms with Gasteiger partial charge in [0.2, 0.25) is 0 Å². The van der Waals surface area contributed by atoms with Crippen molar-refractivity contribution in [3.63, 3.8) is 0 Å². The van der Waals surface area contributed by atoms with E-state index >= 15 is 0 Å². The molecule has 0 spiro atoms. The van der Waals surface area contributed by atoms with Crippen molar-refractivity contribution in [2.45, 2.75) is 52.9 Å². The Morgan fingerprint density at radius 2 is 1.84 bits per heavy atom. The van der Waals surface area contributed by atoms with E-state index < -0.39 is 13.2 Å². The van der Waals surface area contributed by atoms with Crippen LogP contribution in [0, 0.1) is 6.92 Å². The minimum atomic E-state index is -3.21. The van der Waals surface area contributed by atoms with Crippen molar-refractivity contribution >= 4 is 18.6 Å². The molecule has 138 valence electrons. The summed E-state index contributed by atoms with van der Waals surface area (Å²) in [5, 5.41) is 0.831. The van der Waals surface area contributed by atoms with Gasteiger partial charge in [-0.15, -0.1) is 0 Å². The van der Waals surface area contributed by atoms with E-state index in [4.69, 9.17) is 13.5 Å². The fourth-order valence-electron chi connectivity index (χ4n) is 2.76. The van der Waals surface area contributed by atoms with Gasteiger partial charge in [-0.25, -0.2) is 9.36 Å². The monoisotopic (exact) mass is 366 g/mol. The zero-order chi connectivity index (χ0) is 18.3. The molecule has 0 aliphatic rings. The summed E-state index contributed by atoms with van der Waals surface area (Å²) < 4.78 is 29.3. The summed E-state index contributed by atoms with van der Waals surface area (Å²) >= 11 is 0. The molecule has 25 heavy (non-hydrogen) atoms. The molecule has 0 N–H and O–H groups in total. The van der Waals surface area contributed by atoms with Gasteiger partial charge < -0.3 is 13.5 Å². The first-order valence-electron chi connectivity index (χ1n) is 8.95. The second kappa shape index (κ2) is 9.21. The third-order valence-electron chi connectivity index (χ3n) is 4.03. The van der Waals surface area contributed by atoms with Gasteiger partial charge in [-0.3, -0.25) is 0 Å². The number of aryl methyl sites for hydroxylation is 1. The average Bonchev–Trinajstić information content (AvgIpc) is 2.54. The Balaban J connectivity index is 2.14. The summed E-state index contributed by atoms with van der Waals surface area (Å²) in [5.41, 5.74) is 0.848. The van der Waals surface area contributed by atoms with Crippen LogP contribution in [0.25, 0.3) is 11.0 Å². The molecule has 0 aliphatic carbocycles. The Hall–Kier alpha value is -1.58. The quantitative estimate of drug-likeness (QED) is 0.307. The highest BCUT2D eigenvalue weighted by Gasteiger charge is 2.25. The van der Waals surface area contributed by atoms with Crippen molar-refractivity contribution < 1.29 is 18.0 Å². The Morgan fingerprint density at radius 1 is 1.08 bits per heavy atom. The van der Waals surface area contributed by atoms with Crippen LogP contribution >= 0.6 is 7.60 Å². The third-order valence-corrected chi connectivity index (χ3v) is 6.03. The molecule has 0 bridgehead atoms. The highest BCUT2D eigenvalue weighted by Crippen LogP contribution is 2.49. The lowest BCUT2D eigenvalue weighted by molar-refractivity contribution is 0.278. The van der Waals surface area contributed by atoms with Crippen molar-refractivity contribution in [3.8, 4) is 5.75 Å². The summed E-state index contributed by atoms with van der Waals surface area (Å²) in [4.78, 5) is 11.5. The van der Waals surface area contributed by atoms with E-state index in [1.54, 1.807) is 25.1 Å². The highest BCUT2D eigenvalue weighted by molar-refractivity contribution is 7.54. The van der Waals surface area contributed by atoms with Crippen molar-refractivity contribution in [1.29, 1.82) is 0 Å². The third kappa shape index (κ3) is 5.72. The van der Waals surface area contributed by atoms with Crippen LogP contribution in [0.5, 0.6) is 5.75 Å². The zero-order valence-electron chi connectivity index (χ0n) is 15.2. The lowest BCUT2D eigenvalue weighted by Gasteiger charge is -2.19. The standard InChI is InChI=1S/C19H27O5P/c1-4-6-7-8-9-12-25(21,22-5-2)24-16-10-11-17-15(3)13-19(20)23-18(17)14-16/h10-11,13-14H,4-9,12H2,1-3H3. The van der Waals surface area contributed by atoms with Gasteiger partial charge in [0.25, 0.3) is 0 Å².